The third kappa shape index (κ3) is 5.59. The Kier molecular flexibility index (Phi) is 7.54. The first-order valence-electron chi connectivity index (χ1n) is 14.0. The molecule has 0 radical (unpaired) electrons. The highest BCUT2D eigenvalue weighted by atomic mass is 32.2. The molecule has 1 aromatic rings. The fourth-order valence-corrected chi connectivity index (χ4v) is 7.49. The number of aryl methyl sites for hydroxylation is 2. The van der Waals surface area contributed by atoms with Crippen molar-refractivity contribution in [2.24, 2.45) is 16.8 Å². The van der Waals surface area contributed by atoms with E-state index in [0.29, 0.717) is 37.6 Å². The molecule has 1 aliphatic carbocycles. The minimum Gasteiger partial charge on any atom is -0.312 e. The van der Waals surface area contributed by atoms with Crippen LogP contribution in [-0.4, -0.2) is 61.3 Å². The van der Waals surface area contributed by atoms with Gasteiger partial charge in [0.25, 0.3) is 5.91 Å². The van der Waals surface area contributed by atoms with Gasteiger partial charge in [0.1, 0.15) is 17.2 Å². The van der Waals surface area contributed by atoms with Gasteiger partial charge in [-0.1, -0.05) is 19.8 Å². The molecule has 2 amide bonds. The van der Waals surface area contributed by atoms with Crippen LogP contribution in [-0.2, 0) is 24.4 Å². The Labute approximate surface area is 230 Å². The molecule has 4 aliphatic rings. The molecule has 0 bridgehead atoms. The van der Waals surface area contributed by atoms with Crippen molar-refractivity contribution in [2.75, 3.05) is 24.5 Å². The Morgan fingerprint density at radius 3 is 2.26 bits per heavy atom. The Morgan fingerprint density at radius 1 is 1.00 bits per heavy atom. The lowest BCUT2D eigenvalue weighted by atomic mass is 9.82. The number of nitrogens with one attached hydrogen (secondary N) is 1. The van der Waals surface area contributed by atoms with Gasteiger partial charge in [-0.15, -0.1) is 0 Å². The van der Waals surface area contributed by atoms with E-state index in [1.807, 2.05) is 26.0 Å². The first kappa shape index (κ1) is 27.7. The minimum atomic E-state index is -3.69. The summed E-state index contributed by atoms with van der Waals surface area (Å²) in [5, 5.41) is 4.27. The summed E-state index contributed by atoms with van der Waals surface area (Å²) < 4.78 is 27.9. The summed E-state index contributed by atoms with van der Waals surface area (Å²) in [5.74, 6) is 1.47. The molecule has 0 unspecified atom stereocenters. The second kappa shape index (κ2) is 10.6. The van der Waals surface area contributed by atoms with Gasteiger partial charge < -0.3 is 10.2 Å². The van der Waals surface area contributed by atoms with Crippen molar-refractivity contribution in [3.63, 3.8) is 0 Å². The van der Waals surface area contributed by atoms with Gasteiger partial charge in [0.15, 0.2) is 0 Å². The van der Waals surface area contributed by atoms with Gasteiger partial charge in [-0.2, -0.15) is 4.31 Å². The van der Waals surface area contributed by atoms with Crippen LogP contribution in [0, 0.1) is 25.7 Å². The summed E-state index contributed by atoms with van der Waals surface area (Å²) in [7, 11) is -3.69. The summed E-state index contributed by atoms with van der Waals surface area (Å²) >= 11 is 0. The SMILES string of the molecule is Cc1cc(N2CCC(=O)CC2=O)cc(C)c1/C=C/S(=O)(=O)N1CCC2(CC1)N=C(C1CCC(C)CC1)NC2=O. The monoisotopic (exact) mass is 554 g/mol. The number of amidine groups is 1. The average Bonchev–Trinajstić information content (AvgIpc) is 3.19. The number of carbonyl (C=O) groups is 3. The highest BCUT2D eigenvalue weighted by Crippen LogP contribution is 2.36. The van der Waals surface area contributed by atoms with Crippen LogP contribution >= 0.6 is 0 Å². The van der Waals surface area contributed by atoms with Gasteiger partial charge in [-0.05, 0) is 80.3 Å². The first-order chi connectivity index (χ1) is 18.5. The molecule has 3 heterocycles. The summed E-state index contributed by atoms with van der Waals surface area (Å²) in [6.07, 6.45) is 6.98. The Bertz CT molecular complexity index is 1330. The molecule has 9 nitrogen and oxygen atoms in total. The number of nitrogens with zero attached hydrogens (tertiary/aromatic N) is 3. The van der Waals surface area contributed by atoms with E-state index in [1.165, 1.54) is 9.71 Å². The van der Waals surface area contributed by atoms with Gasteiger partial charge in [-0.3, -0.25) is 19.4 Å². The molecule has 5 rings (SSSR count). The Balaban J connectivity index is 1.25. The first-order valence-corrected chi connectivity index (χ1v) is 15.5. The van der Waals surface area contributed by atoms with Crippen molar-refractivity contribution in [3.8, 4) is 0 Å². The molecule has 1 spiro atoms. The van der Waals surface area contributed by atoms with Crippen molar-refractivity contribution in [3.05, 3.63) is 34.2 Å². The van der Waals surface area contributed by atoms with Crippen LogP contribution in [0.5, 0.6) is 0 Å². The highest BCUT2D eigenvalue weighted by Gasteiger charge is 2.48. The van der Waals surface area contributed by atoms with E-state index in [1.54, 1.807) is 11.0 Å². The zero-order chi connectivity index (χ0) is 27.9. The van der Waals surface area contributed by atoms with Crippen LogP contribution in [0.2, 0.25) is 0 Å². The van der Waals surface area contributed by atoms with E-state index in [2.05, 4.69) is 12.2 Å². The topological polar surface area (TPSA) is 116 Å². The van der Waals surface area contributed by atoms with Gasteiger partial charge in [0, 0.05) is 43.1 Å². The van der Waals surface area contributed by atoms with Gasteiger partial charge >= 0.3 is 0 Å². The van der Waals surface area contributed by atoms with Crippen LogP contribution < -0.4 is 10.2 Å². The largest absolute Gasteiger partial charge is 0.312 e. The van der Waals surface area contributed by atoms with Gasteiger partial charge in [0.05, 0.1) is 6.42 Å². The number of Topliss-reactive ketones (excluding diaryl/α,β-unsaturated/α-hetero) is 1. The van der Waals surface area contributed by atoms with E-state index in [0.717, 1.165) is 53.9 Å². The van der Waals surface area contributed by atoms with Crippen LogP contribution in [0.15, 0.2) is 22.5 Å². The number of aliphatic imine (C=N–C) groups is 1. The quantitative estimate of drug-likeness (QED) is 0.560. The third-order valence-corrected chi connectivity index (χ3v) is 10.4. The molecular formula is C29H38N4O5S. The molecule has 39 heavy (non-hydrogen) atoms. The summed E-state index contributed by atoms with van der Waals surface area (Å²) in [5.41, 5.74) is 2.35. The number of hydrogen-bond acceptors (Lipinski definition) is 6. The van der Waals surface area contributed by atoms with E-state index < -0.39 is 15.6 Å². The Morgan fingerprint density at radius 2 is 1.64 bits per heavy atom. The predicted octanol–water partition coefficient (Wildman–Crippen LogP) is 3.49. The standard InChI is InChI=1S/C29H38N4O5S/c1-19-4-6-22(7-5-19)27-30-28(36)29(31-27)10-13-32(14-11-29)39(37,38)15-9-25-20(2)16-23(17-21(25)3)33-12-8-24(34)18-26(33)35/h9,15-17,19,22H,4-8,10-14,18H2,1-3H3,(H,30,31,36)/b15-9+. The summed E-state index contributed by atoms with van der Waals surface area (Å²) in [4.78, 5) is 43.4. The average molecular weight is 555 g/mol. The molecule has 2 saturated heterocycles. The molecule has 0 aromatic heterocycles. The van der Waals surface area contributed by atoms with Gasteiger partial charge in [-0.25, -0.2) is 8.42 Å². The van der Waals surface area contributed by atoms with Crippen LogP contribution in [0.3, 0.4) is 0 Å². The predicted molar refractivity (Wildman–Crippen MR) is 151 cm³/mol. The lowest BCUT2D eigenvalue weighted by Crippen LogP contribution is -2.50. The van der Waals surface area contributed by atoms with E-state index in [4.69, 9.17) is 4.99 Å². The normalized spacial score (nSPS) is 26.4. The number of hydrogen-bond donors (Lipinski definition) is 1. The lowest BCUT2D eigenvalue weighted by molar-refractivity contribution is -0.128. The third-order valence-electron chi connectivity index (χ3n) is 8.87. The minimum absolute atomic E-state index is 0.0437. The maximum atomic E-state index is 13.2. The van der Waals surface area contributed by atoms with Crippen molar-refractivity contribution < 1.29 is 22.8 Å². The molecule has 0 atom stereocenters. The second-order valence-electron chi connectivity index (χ2n) is 11.7. The molecule has 10 heteroatoms. The number of carbonyl (C=O) groups excluding carboxylic acids is 3. The Hall–Kier alpha value is -2.85. The summed E-state index contributed by atoms with van der Waals surface area (Å²) in [6.45, 7) is 6.87. The number of rotatable bonds is 5. The van der Waals surface area contributed by atoms with E-state index in [-0.39, 0.29) is 37.1 Å². The fourth-order valence-electron chi connectivity index (χ4n) is 6.32. The van der Waals surface area contributed by atoms with Crippen molar-refractivity contribution in [1.29, 1.82) is 0 Å². The fraction of sp³-hybridized carbons (Fsp3) is 0.586. The van der Waals surface area contributed by atoms with Crippen molar-refractivity contribution >= 4 is 45.2 Å². The zero-order valence-corrected chi connectivity index (χ0v) is 23.8. The van der Waals surface area contributed by atoms with Gasteiger partial charge in [0.2, 0.25) is 15.9 Å². The highest BCUT2D eigenvalue weighted by molar-refractivity contribution is 7.92. The molecule has 1 aromatic carbocycles. The molecule has 210 valence electrons. The maximum Gasteiger partial charge on any atom is 0.253 e. The van der Waals surface area contributed by atoms with Crippen molar-refractivity contribution in [1.82, 2.24) is 9.62 Å². The number of benzene rings is 1. The molecule has 1 N–H and O–H groups in total. The second-order valence-corrected chi connectivity index (χ2v) is 13.5. The van der Waals surface area contributed by atoms with Crippen molar-refractivity contribution in [2.45, 2.75) is 77.7 Å². The molecule has 1 saturated carbocycles. The van der Waals surface area contributed by atoms with Crippen LogP contribution in [0.1, 0.15) is 75.0 Å². The number of anilines is 1. The number of sulfonamides is 1. The lowest BCUT2D eigenvalue weighted by Gasteiger charge is -2.34. The maximum absolute atomic E-state index is 13.2. The van der Waals surface area contributed by atoms with E-state index >= 15 is 0 Å². The number of piperidine rings is 2. The summed E-state index contributed by atoms with van der Waals surface area (Å²) in [6, 6.07) is 3.72. The van der Waals surface area contributed by atoms with E-state index in [9.17, 15) is 22.8 Å². The zero-order valence-electron chi connectivity index (χ0n) is 23.0. The molecule has 3 aliphatic heterocycles. The van der Waals surface area contributed by atoms with Crippen LogP contribution in [0.4, 0.5) is 5.69 Å². The number of amides is 2. The van der Waals surface area contributed by atoms with Crippen LogP contribution in [0.25, 0.3) is 6.08 Å². The smallest absolute Gasteiger partial charge is 0.253 e. The molecule has 3 fully saturated rings. The number of ketones is 1. The molecular weight excluding hydrogens is 516 g/mol.